The first-order valence-electron chi connectivity index (χ1n) is 7.71. The number of hydrogen-bond acceptors (Lipinski definition) is 5. The average molecular weight is 320 g/mol. The number of para-hydroxylation sites is 1. The third-order valence-electron chi connectivity index (χ3n) is 4.18. The zero-order valence-electron chi connectivity index (χ0n) is 12.8. The fraction of sp³-hybridized carbons (Fsp3) is 0.500. The summed E-state index contributed by atoms with van der Waals surface area (Å²) in [7, 11) is 0. The Hall–Kier alpha value is -2.12. The van der Waals surface area contributed by atoms with E-state index in [9.17, 15) is 14.7 Å². The molecule has 1 aromatic carbocycles. The van der Waals surface area contributed by atoms with Gasteiger partial charge in [0, 0.05) is 19.6 Å². The lowest BCUT2D eigenvalue weighted by Gasteiger charge is -2.40. The molecule has 1 amide bonds. The van der Waals surface area contributed by atoms with Gasteiger partial charge in [-0.05, 0) is 12.1 Å². The van der Waals surface area contributed by atoms with E-state index in [2.05, 4.69) is 0 Å². The predicted octanol–water partition coefficient (Wildman–Crippen LogP) is 0.449. The lowest BCUT2D eigenvalue weighted by atomic mass is 10.1. The molecule has 2 fully saturated rings. The van der Waals surface area contributed by atoms with E-state index in [1.807, 2.05) is 4.90 Å². The Labute approximate surface area is 134 Å². The topological polar surface area (TPSA) is 79.3 Å². The normalized spacial score (nSPS) is 22.0. The van der Waals surface area contributed by atoms with Gasteiger partial charge in [0.05, 0.1) is 37.7 Å². The lowest BCUT2D eigenvalue weighted by Crippen LogP contribution is -2.57. The van der Waals surface area contributed by atoms with Crippen molar-refractivity contribution in [3.63, 3.8) is 0 Å². The molecule has 0 spiro atoms. The van der Waals surface area contributed by atoms with Gasteiger partial charge in [0.2, 0.25) is 5.91 Å². The van der Waals surface area contributed by atoms with Crippen molar-refractivity contribution in [2.75, 3.05) is 51.0 Å². The van der Waals surface area contributed by atoms with Crippen LogP contribution in [0.25, 0.3) is 0 Å². The fourth-order valence-corrected chi connectivity index (χ4v) is 3.00. The first kappa shape index (κ1) is 15.8. The quantitative estimate of drug-likeness (QED) is 0.871. The van der Waals surface area contributed by atoms with Crippen molar-refractivity contribution < 1.29 is 24.2 Å². The van der Waals surface area contributed by atoms with Crippen LogP contribution in [0.1, 0.15) is 10.4 Å². The molecule has 1 aromatic rings. The molecule has 7 nitrogen and oxygen atoms in total. The highest BCUT2D eigenvalue weighted by atomic mass is 16.5. The van der Waals surface area contributed by atoms with Gasteiger partial charge < -0.3 is 24.4 Å². The van der Waals surface area contributed by atoms with Crippen molar-refractivity contribution in [3.8, 4) is 0 Å². The van der Waals surface area contributed by atoms with Crippen LogP contribution in [0, 0.1) is 0 Å². The highest BCUT2D eigenvalue weighted by Gasteiger charge is 2.34. The van der Waals surface area contributed by atoms with E-state index >= 15 is 0 Å². The molecule has 0 radical (unpaired) electrons. The molecule has 23 heavy (non-hydrogen) atoms. The number of carboxylic acid groups (broad SMARTS) is 1. The molecule has 2 saturated heterocycles. The Kier molecular flexibility index (Phi) is 4.78. The van der Waals surface area contributed by atoms with Crippen molar-refractivity contribution in [1.82, 2.24) is 4.90 Å². The number of anilines is 1. The van der Waals surface area contributed by atoms with Gasteiger partial charge in [-0.3, -0.25) is 4.79 Å². The number of benzene rings is 1. The Bertz CT molecular complexity index is 586. The van der Waals surface area contributed by atoms with Crippen LogP contribution >= 0.6 is 0 Å². The third-order valence-corrected chi connectivity index (χ3v) is 4.18. The van der Waals surface area contributed by atoms with Crippen LogP contribution in [0.3, 0.4) is 0 Å². The number of aromatic carboxylic acids is 1. The van der Waals surface area contributed by atoms with Crippen molar-refractivity contribution >= 4 is 17.6 Å². The average Bonchev–Trinajstić information content (AvgIpc) is 2.62. The van der Waals surface area contributed by atoms with Gasteiger partial charge in [-0.1, -0.05) is 12.1 Å². The molecule has 0 aliphatic carbocycles. The van der Waals surface area contributed by atoms with E-state index in [0.717, 1.165) is 0 Å². The van der Waals surface area contributed by atoms with Crippen LogP contribution in [0.4, 0.5) is 5.69 Å². The second-order valence-electron chi connectivity index (χ2n) is 5.54. The minimum absolute atomic E-state index is 0.0341. The number of hydrogen-bond donors (Lipinski definition) is 1. The van der Waals surface area contributed by atoms with Gasteiger partial charge in [-0.25, -0.2) is 4.79 Å². The van der Waals surface area contributed by atoms with Gasteiger partial charge in [0.15, 0.2) is 0 Å². The molecule has 3 rings (SSSR count). The fourth-order valence-electron chi connectivity index (χ4n) is 3.00. The molecule has 2 heterocycles. The second kappa shape index (κ2) is 6.97. The van der Waals surface area contributed by atoms with Crippen molar-refractivity contribution in [2.24, 2.45) is 0 Å². The third kappa shape index (κ3) is 3.30. The van der Waals surface area contributed by atoms with Crippen molar-refractivity contribution in [1.29, 1.82) is 0 Å². The maximum absolute atomic E-state index is 12.8. The Morgan fingerprint density at radius 1 is 1.04 bits per heavy atom. The van der Waals surface area contributed by atoms with Gasteiger partial charge in [0.25, 0.3) is 0 Å². The van der Waals surface area contributed by atoms with Crippen LogP contribution in [0.5, 0.6) is 0 Å². The zero-order valence-corrected chi connectivity index (χ0v) is 12.8. The number of nitrogens with zero attached hydrogens (tertiary/aromatic N) is 2. The Morgan fingerprint density at radius 2 is 1.74 bits per heavy atom. The summed E-state index contributed by atoms with van der Waals surface area (Å²) in [5, 5.41) is 9.40. The number of carbonyl (C=O) groups excluding carboxylic acids is 1. The molecule has 7 heteroatoms. The van der Waals surface area contributed by atoms with Gasteiger partial charge in [-0.2, -0.15) is 0 Å². The summed E-state index contributed by atoms with van der Waals surface area (Å²) in [5.41, 5.74) is 0.768. The highest BCUT2D eigenvalue weighted by molar-refractivity contribution is 5.96. The molecule has 0 aromatic heterocycles. The molecule has 2 aliphatic heterocycles. The molecule has 1 unspecified atom stereocenters. The summed E-state index contributed by atoms with van der Waals surface area (Å²) in [6.45, 7) is 3.42. The maximum atomic E-state index is 12.8. The second-order valence-corrected chi connectivity index (χ2v) is 5.54. The highest BCUT2D eigenvalue weighted by Crippen LogP contribution is 2.25. The van der Waals surface area contributed by atoms with E-state index in [1.165, 1.54) is 0 Å². The van der Waals surface area contributed by atoms with E-state index in [4.69, 9.17) is 9.47 Å². The van der Waals surface area contributed by atoms with Crippen LogP contribution in [0.15, 0.2) is 24.3 Å². The Morgan fingerprint density at radius 3 is 2.48 bits per heavy atom. The van der Waals surface area contributed by atoms with E-state index in [-0.39, 0.29) is 18.1 Å². The largest absolute Gasteiger partial charge is 0.478 e. The first-order valence-corrected chi connectivity index (χ1v) is 7.71. The number of amides is 1. The molecule has 124 valence electrons. The minimum Gasteiger partial charge on any atom is -0.478 e. The molecule has 1 N–H and O–H groups in total. The van der Waals surface area contributed by atoms with Crippen LogP contribution in [-0.2, 0) is 14.3 Å². The smallest absolute Gasteiger partial charge is 0.337 e. The standard InChI is InChI=1S/C16H20N2O5/c19-15(17-5-8-22-9-6-17)14-11-23-10-7-18(14)13-4-2-1-3-12(13)16(20)21/h1-4,14H,5-11H2,(H,20,21). The number of ether oxygens (including phenoxy) is 2. The number of carbonyl (C=O) groups is 2. The first-order chi connectivity index (χ1) is 11.2. The molecular formula is C16H20N2O5. The van der Waals surface area contributed by atoms with Gasteiger partial charge in [-0.15, -0.1) is 0 Å². The molecule has 0 bridgehead atoms. The zero-order chi connectivity index (χ0) is 16.2. The van der Waals surface area contributed by atoms with E-state index in [1.54, 1.807) is 29.2 Å². The molecule has 2 aliphatic rings. The number of morpholine rings is 2. The number of carboxylic acids is 1. The monoisotopic (exact) mass is 320 g/mol. The summed E-state index contributed by atoms with van der Waals surface area (Å²) in [6.07, 6.45) is 0. The summed E-state index contributed by atoms with van der Waals surface area (Å²) in [5.74, 6) is -1.03. The maximum Gasteiger partial charge on any atom is 0.337 e. The lowest BCUT2D eigenvalue weighted by molar-refractivity contribution is -0.139. The summed E-state index contributed by atoms with van der Waals surface area (Å²) in [6, 6.07) is 6.28. The SMILES string of the molecule is O=C(O)c1ccccc1N1CCOCC1C(=O)N1CCOCC1. The minimum atomic E-state index is -0.996. The van der Waals surface area contributed by atoms with Gasteiger partial charge >= 0.3 is 5.97 Å². The van der Waals surface area contributed by atoms with Crippen molar-refractivity contribution in [2.45, 2.75) is 6.04 Å². The molecule has 0 saturated carbocycles. The van der Waals surface area contributed by atoms with E-state index in [0.29, 0.717) is 45.1 Å². The predicted molar refractivity (Wildman–Crippen MR) is 82.8 cm³/mol. The molecular weight excluding hydrogens is 300 g/mol. The summed E-state index contributed by atoms with van der Waals surface area (Å²) < 4.78 is 10.8. The summed E-state index contributed by atoms with van der Waals surface area (Å²) in [4.78, 5) is 27.9. The van der Waals surface area contributed by atoms with Crippen LogP contribution in [-0.4, -0.2) is 74.0 Å². The number of rotatable bonds is 3. The van der Waals surface area contributed by atoms with Gasteiger partial charge in [0.1, 0.15) is 6.04 Å². The summed E-state index contributed by atoms with van der Waals surface area (Å²) >= 11 is 0. The Balaban J connectivity index is 1.87. The van der Waals surface area contributed by atoms with Crippen molar-refractivity contribution in [3.05, 3.63) is 29.8 Å². The van der Waals surface area contributed by atoms with Crippen LogP contribution in [0.2, 0.25) is 0 Å². The molecule has 1 atom stereocenters. The van der Waals surface area contributed by atoms with Crippen LogP contribution < -0.4 is 4.90 Å². The van der Waals surface area contributed by atoms with E-state index < -0.39 is 12.0 Å².